The van der Waals surface area contributed by atoms with Crippen molar-refractivity contribution in [1.29, 1.82) is 0 Å². The van der Waals surface area contributed by atoms with Crippen molar-refractivity contribution >= 4 is 27.7 Å². The second-order valence-corrected chi connectivity index (χ2v) is 4.84. The second-order valence-electron chi connectivity index (χ2n) is 4.84. The van der Waals surface area contributed by atoms with Gasteiger partial charge in [-0.05, 0) is 30.7 Å². The standard InChI is InChI=1S/C17H16O2/c1-2-3-7-15(18)12-9-10-17-14(11-12)13-6-4-5-8-16(13)19-17/h4-6,8-11H,2-3,7H2,1H3. The predicted octanol–water partition coefficient (Wildman–Crippen LogP) is 4.96. The van der Waals surface area contributed by atoms with Gasteiger partial charge in [0.1, 0.15) is 11.2 Å². The first-order chi connectivity index (χ1) is 9.29. The molecule has 0 radical (unpaired) electrons. The Kier molecular flexibility index (Phi) is 3.08. The number of carbonyl (C=O) groups is 1. The minimum Gasteiger partial charge on any atom is -0.456 e. The van der Waals surface area contributed by atoms with Gasteiger partial charge in [-0.15, -0.1) is 0 Å². The molecule has 0 saturated carbocycles. The molecular formula is C17H16O2. The topological polar surface area (TPSA) is 30.2 Å². The SMILES string of the molecule is CCCCC(=O)c1ccc2oc3ccccc3c2c1. The fraction of sp³-hybridized carbons (Fsp3) is 0.235. The number of ketones is 1. The first kappa shape index (κ1) is 12.0. The Labute approximate surface area is 112 Å². The molecule has 0 aliphatic rings. The van der Waals surface area contributed by atoms with Gasteiger partial charge in [-0.2, -0.15) is 0 Å². The van der Waals surface area contributed by atoms with Crippen LogP contribution in [0.25, 0.3) is 21.9 Å². The highest BCUT2D eigenvalue weighted by atomic mass is 16.3. The molecule has 0 aliphatic carbocycles. The number of para-hydroxylation sites is 1. The molecule has 0 aliphatic heterocycles. The molecule has 3 rings (SSSR count). The summed E-state index contributed by atoms with van der Waals surface area (Å²) < 4.78 is 5.76. The van der Waals surface area contributed by atoms with E-state index in [2.05, 4.69) is 6.92 Å². The van der Waals surface area contributed by atoms with E-state index in [0.29, 0.717) is 6.42 Å². The predicted molar refractivity (Wildman–Crippen MR) is 77.6 cm³/mol. The van der Waals surface area contributed by atoms with E-state index < -0.39 is 0 Å². The Morgan fingerprint density at radius 2 is 1.84 bits per heavy atom. The van der Waals surface area contributed by atoms with E-state index >= 15 is 0 Å². The van der Waals surface area contributed by atoms with Crippen molar-refractivity contribution in [2.45, 2.75) is 26.2 Å². The monoisotopic (exact) mass is 252 g/mol. The molecule has 0 saturated heterocycles. The summed E-state index contributed by atoms with van der Waals surface area (Å²) >= 11 is 0. The second kappa shape index (κ2) is 4.88. The third-order valence-corrected chi connectivity index (χ3v) is 3.46. The van der Waals surface area contributed by atoms with E-state index in [-0.39, 0.29) is 5.78 Å². The van der Waals surface area contributed by atoms with E-state index in [1.807, 2.05) is 42.5 Å². The molecule has 2 aromatic carbocycles. The van der Waals surface area contributed by atoms with Gasteiger partial charge in [-0.1, -0.05) is 31.5 Å². The summed E-state index contributed by atoms with van der Waals surface area (Å²) in [6.07, 6.45) is 2.61. The molecule has 2 heteroatoms. The number of hydrogen-bond acceptors (Lipinski definition) is 2. The molecule has 0 amide bonds. The molecule has 1 heterocycles. The fourth-order valence-electron chi connectivity index (χ4n) is 2.38. The zero-order valence-electron chi connectivity index (χ0n) is 11.0. The number of hydrogen-bond donors (Lipinski definition) is 0. The normalized spacial score (nSPS) is 11.2. The lowest BCUT2D eigenvalue weighted by Gasteiger charge is -2.00. The minimum atomic E-state index is 0.217. The Hall–Kier alpha value is -2.09. The summed E-state index contributed by atoms with van der Waals surface area (Å²) in [5.74, 6) is 0.217. The highest BCUT2D eigenvalue weighted by Gasteiger charge is 2.10. The summed E-state index contributed by atoms with van der Waals surface area (Å²) in [5, 5.41) is 2.10. The van der Waals surface area contributed by atoms with Gasteiger partial charge in [0.05, 0.1) is 0 Å². The molecule has 0 spiro atoms. The van der Waals surface area contributed by atoms with Gasteiger partial charge < -0.3 is 4.42 Å². The quantitative estimate of drug-likeness (QED) is 0.614. The van der Waals surface area contributed by atoms with Crippen molar-refractivity contribution in [2.75, 3.05) is 0 Å². The molecule has 0 fully saturated rings. The summed E-state index contributed by atoms with van der Waals surface area (Å²) in [4.78, 5) is 12.1. The van der Waals surface area contributed by atoms with Crippen LogP contribution in [0.3, 0.4) is 0 Å². The van der Waals surface area contributed by atoms with E-state index in [9.17, 15) is 4.79 Å². The molecule has 0 atom stereocenters. The van der Waals surface area contributed by atoms with Crippen LogP contribution in [-0.2, 0) is 0 Å². The fourth-order valence-corrected chi connectivity index (χ4v) is 2.38. The van der Waals surface area contributed by atoms with Gasteiger partial charge in [-0.25, -0.2) is 0 Å². The molecule has 0 unspecified atom stereocenters. The van der Waals surface area contributed by atoms with Crippen LogP contribution in [0.2, 0.25) is 0 Å². The van der Waals surface area contributed by atoms with Crippen molar-refractivity contribution < 1.29 is 9.21 Å². The molecule has 96 valence electrons. The summed E-state index contributed by atoms with van der Waals surface area (Å²) in [6, 6.07) is 13.6. The molecule has 0 N–H and O–H groups in total. The van der Waals surface area contributed by atoms with E-state index in [0.717, 1.165) is 40.3 Å². The first-order valence-corrected chi connectivity index (χ1v) is 6.74. The van der Waals surface area contributed by atoms with Crippen molar-refractivity contribution in [3.63, 3.8) is 0 Å². The van der Waals surface area contributed by atoms with Crippen LogP contribution < -0.4 is 0 Å². The van der Waals surface area contributed by atoms with E-state index in [4.69, 9.17) is 4.42 Å². The third-order valence-electron chi connectivity index (χ3n) is 3.46. The van der Waals surface area contributed by atoms with Crippen LogP contribution >= 0.6 is 0 Å². The van der Waals surface area contributed by atoms with Crippen molar-refractivity contribution in [3.05, 3.63) is 48.0 Å². The van der Waals surface area contributed by atoms with Gasteiger partial charge in [0.15, 0.2) is 5.78 Å². The number of carbonyl (C=O) groups excluding carboxylic acids is 1. The Bertz CT molecular complexity index is 737. The van der Waals surface area contributed by atoms with Crippen molar-refractivity contribution in [3.8, 4) is 0 Å². The van der Waals surface area contributed by atoms with Crippen molar-refractivity contribution in [2.24, 2.45) is 0 Å². The van der Waals surface area contributed by atoms with Crippen LogP contribution in [0.5, 0.6) is 0 Å². The van der Waals surface area contributed by atoms with Crippen LogP contribution in [-0.4, -0.2) is 5.78 Å². The summed E-state index contributed by atoms with van der Waals surface area (Å²) in [5.41, 5.74) is 2.50. The maximum Gasteiger partial charge on any atom is 0.162 e. The number of rotatable bonds is 4. The van der Waals surface area contributed by atoms with E-state index in [1.165, 1.54) is 0 Å². The van der Waals surface area contributed by atoms with Crippen LogP contribution in [0.1, 0.15) is 36.5 Å². The van der Waals surface area contributed by atoms with Gasteiger partial charge in [-0.3, -0.25) is 4.79 Å². The molecular weight excluding hydrogens is 236 g/mol. The lowest BCUT2D eigenvalue weighted by Crippen LogP contribution is -1.97. The van der Waals surface area contributed by atoms with Crippen LogP contribution in [0.4, 0.5) is 0 Å². The van der Waals surface area contributed by atoms with Gasteiger partial charge in [0, 0.05) is 22.8 Å². The smallest absolute Gasteiger partial charge is 0.162 e. The minimum absolute atomic E-state index is 0.217. The van der Waals surface area contributed by atoms with Crippen molar-refractivity contribution in [1.82, 2.24) is 0 Å². The number of fused-ring (bicyclic) bond motifs is 3. The van der Waals surface area contributed by atoms with Crippen LogP contribution in [0.15, 0.2) is 46.9 Å². The zero-order chi connectivity index (χ0) is 13.2. The summed E-state index contributed by atoms with van der Waals surface area (Å²) in [7, 11) is 0. The average Bonchev–Trinajstić information content (AvgIpc) is 2.82. The molecule has 3 aromatic rings. The maximum atomic E-state index is 12.1. The highest BCUT2D eigenvalue weighted by Crippen LogP contribution is 2.29. The Morgan fingerprint density at radius 1 is 1.05 bits per heavy atom. The number of Topliss-reactive ketones (excluding diaryl/α,β-unsaturated/α-hetero) is 1. The number of unbranched alkanes of at least 4 members (excludes halogenated alkanes) is 1. The Balaban J connectivity index is 2.09. The highest BCUT2D eigenvalue weighted by molar-refractivity contribution is 6.08. The third kappa shape index (κ3) is 2.14. The molecule has 1 aromatic heterocycles. The Morgan fingerprint density at radius 3 is 2.68 bits per heavy atom. The lowest BCUT2D eigenvalue weighted by molar-refractivity contribution is 0.0980. The largest absolute Gasteiger partial charge is 0.456 e. The van der Waals surface area contributed by atoms with Crippen LogP contribution in [0, 0.1) is 0 Å². The summed E-state index contributed by atoms with van der Waals surface area (Å²) in [6.45, 7) is 2.10. The lowest BCUT2D eigenvalue weighted by atomic mass is 10.0. The molecule has 19 heavy (non-hydrogen) atoms. The first-order valence-electron chi connectivity index (χ1n) is 6.74. The molecule has 0 bridgehead atoms. The number of furan rings is 1. The van der Waals surface area contributed by atoms with E-state index in [1.54, 1.807) is 0 Å². The van der Waals surface area contributed by atoms with Gasteiger partial charge in [0.2, 0.25) is 0 Å². The zero-order valence-corrected chi connectivity index (χ0v) is 11.0. The van der Waals surface area contributed by atoms with Gasteiger partial charge >= 0.3 is 0 Å². The molecule has 2 nitrogen and oxygen atoms in total. The number of benzene rings is 2. The average molecular weight is 252 g/mol. The maximum absolute atomic E-state index is 12.1. The van der Waals surface area contributed by atoms with Gasteiger partial charge in [0.25, 0.3) is 0 Å².